The molecule has 3 aromatic carbocycles. The molecule has 0 saturated carbocycles. The number of hydrogen-bond acceptors (Lipinski definition) is 16. The van der Waals surface area contributed by atoms with Gasteiger partial charge in [-0.25, -0.2) is 4.79 Å². The topological polar surface area (TPSA) is 153 Å². The van der Waals surface area contributed by atoms with Crippen LogP contribution in [-0.2, 0) is 62.6 Å². The van der Waals surface area contributed by atoms with E-state index in [1.165, 1.54) is 13.8 Å². The number of ether oxygens (including phenoxy) is 10. The van der Waals surface area contributed by atoms with Gasteiger partial charge in [0.05, 0.1) is 79.8 Å². The summed E-state index contributed by atoms with van der Waals surface area (Å²) < 4.78 is 59.9. The number of cyclic esters (lactones) is 1. The lowest BCUT2D eigenvalue weighted by molar-refractivity contribution is -0.170. The number of carbonyl (C=O) groups is 3. The van der Waals surface area contributed by atoms with Gasteiger partial charge < -0.3 is 62.1 Å². The first-order valence-corrected chi connectivity index (χ1v) is 26.5. The van der Waals surface area contributed by atoms with Crippen molar-refractivity contribution < 1.29 is 61.8 Å². The molecule has 0 aliphatic carbocycles. The van der Waals surface area contributed by atoms with Crippen molar-refractivity contribution in [2.24, 2.45) is 0 Å². The number of carbonyl (C=O) groups excluding carboxylic acids is 3. The van der Waals surface area contributed by atoms with E-state index in [-0.39, 0.29) is 43.3 Å². The average molecular weight is 1050 g/mol. The summed E-state index contributed by atoms with van der Waals surface area (Å²) in [6.07, 6.45) is 1.67. The summed E-state index contributed by atoms with van der Waals surface area (Å²) in [7, 11) is 7.92. The van der Waals surface area contributed by atoms with Crippen molar-refractivity contribution in [3.63, 3.8) is 0 Å². The normalized spacial score (nSPS) is 15.8. The Hall–Kier alpha value is -4.81. The number of hydrogen-bond donors (Lipinski definition) is 0. The molecule has 0 bridgehead atoms. The van der Waals surface area contributed by atoms with Crippen LogP contribution < -0.4 is 14.7 Å². The second-order valence-electron chi connectivity index (χ2n) is 22.2. The van der Waals surface area contributed by atoms with E-state index in [1.807, 2.05) is 103 Å². The quantitative estimate of drug-likeness (QED) is 0.0312. The van der Waals surface area contributed by atoms with Gasteiger partial charge in [0.2, 0.25) is 0 Å². The van der Waals surface area contributed by atoms with Crippen LogP contribution in [0.2, 0.25) is 0 Å². The molecule has 16 heteroatoms. The van der Waals surface area contributed by atoms with Crippen LogP contribution in [0.4, 0.5) is 17.1 Å². The van der Waals surface area contributed by atoms with E-state index in [0.29, 0.717) is 90.8 Å². The number of anilines is 3. The first kappa shape index (κ1) is 62.7. The van der Waals surface area contributed by atoms with E-state index in [0.717, 1.165) is 33.8 Å². The zero-order chi connectivity index (χ0) is 55.6. The summed E-state index contributed by atoms with van der Waals surface area (Å²) in [4.78, 5) is 42.2. The fourth-order valence-electron chi connectivity index (χ4n) is 8.99. The molecule has 75 heavy (non-hydrogen) atoms. The second-order valence-corrected chi connectivity index (χ2v) is 22.2. The maximum atomic E-state index is 13.9. The Bertz CT molecular complexity index is 2230. The number of benzene rings is 3. The molecule has 1 heterocycles. The van der Waals surface area contributed by atoms with Crippen molar-refractivity contribution in [1.29, 1.82) is 0 Å². The summed E-state index contributed by atoms with van der Waals surface area (Å²) in [5.74, 6) is -1.02. The van der Waals surface area contributed by atoms with Crippen LogP contribution in [0.25, 0.3) is 0 Å². The van der Waals surface area contributed by atoms with E-state index < -0.39 is 28.0 Å². The number of nitrogens with zero attached hydrogens (tertiary/aromatic N) is 3. The van der Waals surface area contributed by atoms with Gasteiger partial charge in [0.15, 0.2) is 5.60 Å². The summed E-state index contributed by atoms with van der Waals surface area (Å²) in [5.41, 5.74) is 2.69. The molecule has 16 nitrogen and oxygen atoms in total. The Morgan fingerprint density at radius 3 is 1.52 bits per heavy atom. The molecule has 0 spiro atoms. The third-order valence-corrected chi connectivity index (χ3v) is 13.4. The molecule has 4 rings (SSSR count). The van der Waals surface area contributed by atoms with Gasteiger partial charge in [0.25, 0.3) is 0 Å². The highest BCUT2D eigenvalue weighted by Crippen LogP contribution is 2.48. The van der Waals surface area contributed by atoms with Crippen molar-refractivity contribution >= 4 is 35.0 Å². The Balaban J connectivity index is 1.50. The molecular weight excluding hydrogens is 959 g/mol. The minimum Gasteiger partial charge on any atom is -0.463 e. The van der Waals surface area contributed by atoms with Gasteiger partial charge in [-0.15, -0.1) is 0 Å². The first-order valence-electron chi connectivity index (χ1n) is 26.5. The predicted octanol–water partition coefficient (Wildman–Crippen LogP) is 9.39. The Labute approximate surface area is 448 Å². The van der Waals surface area contributed by atoms with Crippen molar-refractivity contribution in [2.75, 3.05) is 122 Å². The van der Waals surface area contributed by atoms with Crippen LogP contribution in [0.1, 0.15) is 129 Å². The fraction of sp³-hybridized carbons (Fsp3) is 0.644. The highest BCUT2D eigenvalue weighted by atomic mass is 16.6. The summed E-state index contributed by atoms with van der Waals surface area (Å²) >= 11 is 0. The lowest BCUT2D eigenvalue weighted by atomic mass is 9.79. The van der Waals surface area contributed by atoms with Gasteiger partial charge >= 0.3 is 17.9 Å². The molecule has 0 amide bonds. The largest absolute Gasteiger partial charge is 0.463 e. The maximum Gasteiger partial charge on any atom is 0.340 e. The van der Waals surface area contributed by atoms with Crippen LogP contribution >= 0.6 is 0 Å². The van der Waals surface area contributed by atoms with E-state index in [4.69, 9.17) is 47.4 Å². The van der Waals surface area contributed by atoms with E-state index >= 15 is 0 Å². The minimum absolute atomic E-state index is 0.0939. The van der Waals surface area contributed by atoms with Crippen molar-refractivity contribution in [3.8, 4) is 0 Å². The van der Waals surface area contributed by atoms with E-state index in [2.05, 4.69) is 75.9 Å². The number of fused-ring (bicyclic) bond motifs is 1. The van der Waals surface area contributed by atoms with Gasteiger partial charge in [0, 0.05) is 109 Å². The summed E-state index contributed by atoms with van der Waals surface area (Å²) in [6.45, 7) is 28.3. The highest BCUT2D eigenvalue weighted by molar-refractivity contribution is 5.97. The Kier molecular flexibility index (Phi) is 23.9. The second kappa shape index (κ2) is 28.5. The van der Waals surface area contributed by atoms with Crippen molar-refractivity contribution in [2.45, 2.75) is 143 Å². The van der Waals surface area contributed by atoms with Crippen molar-refractivity contribution in [3.05, 3.63) is 89.0 Å². The molecule has 0 saturated heterocycles. The zero-order valence-corrected chi connectivity index (χ0v) is 48.3. The maximum absolute atomic E-state index is 13.9. The molecule has 0 N–H and O–H groups in total. The smallest absolute Gasteiger partial charge is 0.340 e. The molecule has 1 aliphatic rings. The molecule has 0 aromatic heterocycles. The molecule has 0 fully saturated rings. The van der Waals surface area contributed by atoms with Gasteiger partial charge in [-0.05, 0) is 118 Å². The van der Waals surface area contributed by atoms with Gasteiger partial charge in [-0.3, -0.25) is 9.59 Å². The average Bonchev–Trinajstić information content (AvgIpc) is 3.62. The third kappa shape index (κ3) is 19.9. The number of rotatable bonds is 35. The van der Waals surface area contributed by atoms with Crippen LogP contribution in [-0.4, -0.2) is 160 Å². The summed E-state index contributed by atoms with van der Waals surface area (Å²) in [5, 5.41) is 0. The zero-order valence-electron chi connectivity index (χ0n) is 48.3. The van der Waals surface area contributed by atoms with Gasteiger partial charge in [-0.1, -0.05) is 30.3 Å². The Morgan fingerprint density at radius 1 is 0.560 bits per heavy atom. The van der Waals surface area contributed by atoms with Gasteiger partial charge in [0.1, 0.15) is 13.2 Å². The molecule has 3 aromatic rings. The lowest BCUT2D eigenvalue weighted by Gasteiger charge is -2.38. The monoisotopic (exact) mass is 1050 g/mol. The molecule has 3 unspecified atom stereocenters. The van der Waals surface area contributed by atoms with Crippen LogP contribution in [0.5, 0.6) is 0 Å². The lowest BCUT2D eigenvalue weighted by Crippen LogP contribution is -2.45. The minimum atomic E-state index is -1.17. The molecular formula is C59H91N3O13. The predicted molar refractivity (Wildman–Crippen MR) is 294 cm³/mol. The molecule has 1 aliphatic heterocycles. The SMILES string of the molecule is CC(=O)OCCOCCOCCC(C)(C)OC(C)CC(C)(C)OCCN(CCOC(C)(C)C(C)OC(C)(C)CCOCCOC(C)=O)c1ccc(C2(c3ccc(N(C)C)cc3)OC(=O)c3cc(N(C)C)ccc32)cc1. The molecule has 3 atom stereocenters. The first-order chi connectivity index (χ1) is 35.2. The molecule has 0 radical (unpaired) electrons. The summed E-state index contributed by atoms with van der Waals surface area (Å²) in [6, 6.07) is 22.4. The van der Waals surface area contributed by atoms with Crippen LogP contribution in [0, 0.1) is 0 Å². The molecule has 420 valence electrons. The van der Waals surface area contributed by atoms with Crippen LogP contribution in [0.3, 0.4) is 0 Å². The van der Waals surface area contributed by atoms with Crippen LogP contribution in [0.15, 0.2) is 66.7 Å². The number of esters is 3. The highest BCUT2D eigenvalue weighted by Gasteiger charge is 2.49. The fourth-order valence-corrected chi connectivity index (χ4v) is 8.99. The van der Waals surface area contributed by atoms with Crippen molar-refractivity contribution in [1.82, 2.24) is 0 Å². The standard InChI is InChI=1S/C59H91N3O13/c1-43(73-55(5,6)27-31-66-35-36-68-38-40-70-46(4)64)42-57(9,10)71-33-29-62(30-34-72-58(11,12)44(2)74-56(7,8)28-32-67-37-39-69-45(3)63)50-23-19-48(20-24-50)59(47-17-21-49(22-18-47)60(13)14)53-26-25-51(61(15)16)41-52(53)54(65)75-59/h17-26,41,43-44H,27-40,42H2,1-16H3. The van der Waals surface area contributed by atoms with E-state index in [1.54, 1.807) is 0 Å². The Morgan fingerprint density at radius 2 is 1.01 bits per heavy atom. The van der Waals surface area contributed by atoms with E-state index in [9.17, 15) is 14.4 Å². The van der Waals surface area contributed by atoms with Gasteiger partial charge in [-0.2, -0.15) is 0 Å². The third-order valence-electron chi connectivity index (χ3n) is 13.4.